The first-order chi connectivity index (χ1) is 7.66. The average molecular weight is 219 g/mol. The largest absolute Gasteiger partial charge is 0.301 e. The molecule has 1 saturated heterocycles. The topological polar surface area (TPSA) is 3.24 Å². The summed E-state index contributed by atoms with van der Waals surface area (Å²) in [7, 11) is 6.09. The van der Waals surface area contributed by atoms with Gasteiger partial charge in [0.15, 0.2) is 0 Å². The van der Waals surface area contributed by atoms with E-state index in [-0.39, 0.29) is 0 Å². The Morgan fingerprint density at radius 3 is 2.56 bits per heavy atom. The van der Waals surface area contributed by atoms with Crippen LogP contribution in [0.25, 0.3) is 0 Å². The van der Waals surface area contributed by atoms with Crippen LogP contribution in [0.15, 0.2) is 0 Å². The number of nitrogens with zero attached hydrogens (tertiary/aromatic N) is 1. The first-order valence-corrected chi connectivity index (χ1v) is 7.16. The number of rotatable bonds is 1. The zero-order valence-corrected chi connectivity index (χ0v) is 11.0. The molecule has 0 aromatic carbocycles. The molecular weight excluding hydrogens is 193 g/mol. The summed E-state index contributed by atoms with van der Waals surface area (Å²) >= 11 is 0. The highest BCUT2D eigenvalue weighted by Gasteiger charge is 2.30. The molecule has 2 aliphatic rings. The smallest absolute Gasteiger partial charge is 0.0699 e. The van der Waals surface area contributed by atoms with Crippen LogP contribution < -0.4 is 0 Å². The van der Waals surface area contributed by atoms with Gasteiger partial charge in [0.2, 0.25) is 0 Å². The summed E-state index contributed by atoms with van der Waals surface area (Å²) in [5, 5.41) is 0. The van der Waals surface area contributed by atoms with Gasteiger partial charge in [-0.25, -0.2) is 0 Å². The van der Waals surface area contributed by atoms with Crippen molar-refractivity contribution in [3.05, 3.63) is 0 Å². The van der Waals surface area contributed by atoms with Crippen molar-refractivity contribution >= 4 is 7.85 Å². The SMILES string of the molecule is [B]C1CCCC2CN(C(C)C)CCC2CC1. The van der Waals surface area contributed by atoms with E-state index in [0.717, 1.165) is 17.9 Å². The van der Waals surface area contributed by atoms with Crippen molar-refractivity contribution in [2.24, 2.45) is 11.8 Å². The molecule has 0 bridgehead atoms. The van der Waals surface area contributed by atoms with Crippen molar-refractivity contribution in [2.45, 2.75) is 64.2 Å². The number of likely N-dealkylation sites (tertiary alicyclic amines) is 1. The molecular formula is C14H26BN. The van der Waals surface area contributed by atoms with E-state index in [1.807, 2.05) is 0 Å². The van der Waals surface area contributed by atoms with Crippen LogP contribution in [-0.4, -0.2) is 31.9 Å². The van der Waals surface area contributed by atoms with Crippen LogP contribution in [0.2, 0.25) is 5.82 Å². The normalized spacial score (nSPS) is 37.8. The predicted octanol–water partition coefficient (Wildman–Crippen LogP) is 3.25. The molecule has 2 radical (unpaired) electrons. The van der Waals surface area contributed by atoms with Crippen LogP contribution in [0.3, 0.4) is 0 Å². The van der Waals surface area contributed by atoms with Crippen molar-refractivity contribution in [1.82, 2.24) is 4.90 Å². The third-order valence-electron chi connectivity index (χ3n) is 4.71. The highest BCUT2D eigenvalue weighted by Crippen LogP contribution is 2.37. The van der Waals surface area contributed by atoms with Gasteiger partial charge in [0, 0.05) is 12.6 Å². The minimum Gasteiger partial charge on any atom is -0.301 e. The molecule has 2 rings (SSSR count). The molecule has 1 aliphatic carbocycles. The van der Waals surface area contributed by atoms with Crippen LogP contribution in [0.5, 0.6) is 0 Å². The lowest BCUT2D eigenvalue weighted by molar-refractivity contribution is 0.0772. The molecule has 1 saturated carbocycles. The molecule has 90 valence electrons. The summed E-state index contributed by atoms with van der Waals surface area (Å²) in [5.74, 6) is 2.43. The van der Waals surface area contributed by atoms with Gasteiger partial charge < -0.3 is 4.90 Å². The van der Waals surface area contributed by atoms with E-state index < -0.39 is 0 Å². The second kappa shape index (κ2) is 5.57. The third kappa shape index (κ3) is 3.03. The second-order valence-electron chi connectivity index (χ2n) is 6.17. The molecule has 2 fully saturated rings. The predicted molar refractivity (Wildman–Crippen MR) is 70.9 cm³/mol. The second-order valence-corrected chi connectivity index (χ2v) is 6.17. The molecule has 0 spiro atoms. The molecule has 0 aromatic rings. The highest BCUT2D eigenvalue weighted by atomic mass is 15.2. The number of fused-ring (bicyclic) bond motifs is 1. The summed E-state index contributed by atoms with van der Waals surface area (Å²) < 4.78 is 0. The van der Waals surface area contributed by atoms with Crippen LogP contribution in [0.1, 0.15) is 52.4 Å². The molecule has 2 heteroatoms. The first kappa shape index (κ1) is 12.5. The summed E-state index contributed by atoms with van der Waals surface area (Å²) in [6.45, 7) is 7.32. The Balaban J connectivity index is 1.91. The van der Waals surface area contributed by atoms with Gasteiger partial charge in [-0.2, -0.15) is 0 Å². The van der Waals surface area contributed by atoms with E-state index in [1.54, 1.807) is 0 Å². The van der Waals surface area contributed by atoms with Crippen LogP contribution in [0, 0.1) is 11.8 Å². The van der Waals surface area contributed by atoms with Gasteiger partial charge in [-0.3, -0.25) is 0 Å². The Morgan fingerprint density at radius 1 is 1.00 bits per heavy atom. The van der Waals surface area contributed by atoms with E-state index in [4.69, 9.17) is 7.85 Å². The average Bonchev–Trinajstić information content (AvgIpc) is 2.24. The maximum absolute atomic E-state index is 6.09. The zero-order chi connectivity index (χ0) is 11.5. The Bertz CT molecular complexity index is 217. The zero-order valence-electron chi connectivity index (χ0n) is 11.0. The lowest BCUT2D eigenvalue weighted by Crippen LogP contribution is -2.44. The third-order valence-corrected chi connectivity index (χ3v) is 4.71. The monoisotopic (exact) mass is 219 g/mol. The van der Waals surface area contributed by atoms with E-state index in [2.05, 4.69) is 18.7 Å². The number of hydrogen-bond acceptors (Lipinski definition) is 1. The Morgan fingerprint density at radius 2 is 1.81 bits per heavy atom. The van der Waals surface area contributed by atoms with Gasteiger partial charge in [-0.1, -0.05) is 31.5 Å². The van der Waals surface area contributed by atoms with E-state index >= 15 is 0 Å². The summed E-state index contributed by atoms with van der Waals surface area (Å²) in [5.41, 5.74) is 0. The Labute approximate surface area is 102 Å². The Hall–Kier alpha value is 0.0249. The van der Waals surface area contributed by atoms with Crippen molar-refractivity contribution in [3.8, 4) is 0 Å². The lowest BCUT2D eigenvalue weighted by atomic mass is 9.70. The molecule has 1 heterocycles. The van der Waals surface area contributed by atoms with Crippen LogP contribution >= 0.6 is 0 Å². The van der Waals surface area contributed by atoms with Crippen molar-refractivity contribution in [1.29, 1.82) is 0 Å². The fourth-order valence-electron chi connectivity index (χ4n) is 3.50. The van der Waals surface area contributed by atoms with Crippen molar-refractivity contribution in [2.75, 3.05) is 13.1 Å². The molecule has 0 amide bonds. The molecule has 3 unspecified atom stereocenters. The lowest BCUT2D eigenvalue weighted by Gasteiger charge is -2.42. The molecule has 0 N–H and O–H groups in total. The number of piperidine rings is 1. The summed E-state index contributed by atoms with van der Waals surface area (Å²) in [6, 6.07) is 0.730. The van der Waals surface area contributed by atoms with Crippen molar-refractivity contribution in [3.63, 3.8) is 0 Å². The fraction of sp³-hybridized carbons (Fsp3) is 1.00. The van der Waals surface area contributed by atoms with E-state index in [0.29, 0.717) is 5.82 Å². The molecule has 3 atom stereocenters. The van der Waals surface area contributed by atoms with Gasteiger partial charge in [0.1, 0.15) is 0 Å². The molecule has 16 heavy (non-hydrogen) atoms. The van der Waals surface area contributed by atoms with Crippen LogP contribution in [-0.2, 0) is 0 Å². The minimum absolute atomic E-state index is 0.490. The van der Waals surface area contributed by atoms with E-state index in [1.165, 1.54) is 51.6 Å². The molecule has 1 aliphatic heterocycles. The molecule has 0 aromatic heterocycles. The molecule has 1 nitrogen and oxygen atoms in total. The van der Waals surface area contributed by atoms with Gasteiger partial charge in [-0.05, 0) is 45.1 Å². The Kier molecular flexibility index (Phi) is 4.35. The van der Waals surface area contributed by atoms with Gasteiger partial charge in [-0.15, -0.1) is 0 Å². The fourth-order valence-corrected chi connectivity index (χ4v) is 3.50. The summed E-state index contributed by atoms with van der Waals surface area (Å²) in [6.07, 6.45) is 8.09. The highest BCUT2D eigenvalue weighted by molar-refractivity contribution is 6.11. The summed E-state index contributed by atoms with van der Waals surface area (Å²) in [4.78, 5) is 2.67. The van der Waals surface area contributed by atoms with Gasteiger partial charge >= 0.3 is 0 Å². The number of hydrogen-bond donors (Lipinski definition) is 0. The maximum atomic E-state index is 6.09. The van der Waals surface area contributed by atoms with Gasteiger partial charge in [0.25, 0.3) is 0 Å². The standard InChI is InChI=1S/C14H26BN/c1-11(2)16-9-8-12-6-7-14(15)5-3-4-13(12)10-16/h11-14H,3-10H2,1-2H3. The van der Waals surface area contributed by atoms with Crippen LogP contribution in [0.4, 0.5) is 0 Å². The van der Waals surface area contributed by atoms with E-state index in [9.17, 15) is 0 Å². The first-order valence-electron chi connectivity index (χ1n) is 7.16. The minimum atomic E-state index is 0.490. The maximum Gasteiger partial charge on any atom is 0.0699 e. The quantitative estimate of drug-likeness (QED) is 0.612. The van der Waals surface area contributed by atoms with Crippen molar-refractivity contribution < 1.29 is 0 Å². The van der Waals surface area contributed by atoms with Gasteiger partial charge in [0.05, 0.1) is 7.85 Å².